The summed E-state index contributed by atoms with van der Waals surface area (Å²) in [6, 6.07) is 0. The van der Waals surface area contributed by atoms with E-state index in [9.17, 15) is 9.90 Å². The molecule has 0 aromatic carbocycles. The Morgan fingerprint density at radius 1 is 1.47 bits per heavy atom. The van der Waals surface area contributed by atoms with E-state index in [4.69, 9.17) is 0 Å². The first kappa shape index (κ1) is 14.1. The lowest BCUT2D eigenvalue weighted by Gasteiger charge is -2.34. The molecule has 1 fully saturated rings. The molecule has 1 aromatic rings. The van der Waals surface area contributed by atoms with Crippen molar-refractivity contribution in [3.8, 4) is 0 Å². The van der Waals surface area contributed by atoms with Gasteiger partial charge < -0.3 is 10.0 Å². The molecule has 1 aliphatic carbocycles. The number of aryl methyl sites for hydroxylation is 2. The number of rotatable bonds is 4. The Kier molecular flexibility index (Phi) is 3.94. The Morgan fingerprint density at radius 2 is 2.11 bits per heavy atom. The second-order valence-corrected chi connectivity index (χ2v) is 5.72. The molecule has 1 N–H and O–H groups in total. The zero-order valence-corrected chi connectivity index (χ0v) is 12.2. The van der Waals surface area contributed by atoms with Crippen molar-refractivity contribution >= 4 is 5.91 Å². The normalized spacial score (nSPS) is 22.2. The molecule has 19 heavy (non-hydrogen) atoms. The van der Waals surface area contributed by atoms with Crippen LogP contribution in [0.25, 0.3) is 0 Å². The van der Waals surface area contributed by atoms with Gasteiger partial charge in [-0.05, 0) is 32.6 Å². The summed E-state index contributed by atoms with van der Waals surface area (Å²) in [7, 11) is 3.74. The van der Waals surface area contributed by atoms with Crippen LogP contribution in [0.2, 0.25) is 0 Å². The third-order valence-corrected chi connectivity index (χ3v) is 4.16. The number of likely N-dealkylation sites (N-methyl/N-ethyl adjacent to an activating group) is 1. The topological polar surface area (TPSA) is 58.4 Å². The van der Waals surface area contributed by atoms with Crippen LogP contribution in [0.3, 0.4) is 0 Å². The molecular formula is C14H23N3O2. The zero-order chi connectivity index (χ0) is 14.2. The number of aliphatic hydroxyl groups excluding tert-OH is 1. The highest BCUT2D eigenvalue weighted by Crippen LogP contribution is 2.27. The van der Waals surface area contributed by atoms with Gasteiger partial charge in [0.25, 0.3) is 0 Å². The first-order valence-corrected chi connectivity index (χ1v) is 6.79. The molecule has 0 atom stereocenters. The van der Waals surface area contributed by atoms with Gasteiger partial charge in [0.1, 0.15) is 0 Å². The summed E-state index contributed by atoms with van der Waals surface area (Å²) in [6.45, 7) is 4.68. The van der Waals surface area contributed by atoms with Crippen LogP contribution in [0.4, 0.5) is 0 Å². The summed E-state index contributed by atoms with van der Waals surface area (Å²) in [5.74, 6) is 0.584. The van der Waals surface area contributed by atoms with Crippen molar-refractivity contribution in [2.24, 2.45) is 13.0 Å². The van der Waals surface area contributed by atoms with Gasteiger partial charge in [0.15, 0.2) is 0 Å². The predicted molar refractivity (Wildman–Crippen MR) is 72.8 cm³/mol. The lowest BCUT2D eigenvalue weighted by Crippen LogP contribution is -2.40. The fourth-order valence-corrected chi connectivity index (χ4v) is 2.70. The summed E-state index contributed by atoms with van der Waals surface area (Å²) >= 11 is 0. The Morgan fingerprint density at radius 3 is 2.58 bits per heavy atom. The molecule has 5 nitrogen and oxygen atoms in total. The fourth-order valence-electron chi connectivity index (χ4n) is 2.70. The van der Waals surface area contributed by atoms with Crippen molar-refractivity contribution in [1.82, 2.24) is 14.7 Å². The van der Waals surface area contributed by atoms with E-state index in [0.29, 0.717) is 12.3 Å². The Labute approximate surface area is 114 Å². The molecule has 1 amide bonds. The number of aromatic nitrogens is 2. The van der Waals surface area contributed by atoms with Crippen molar-refractivity contribution in [3.63, 3.8) is 0 Å². The van der Waals surface area contributed by atoms with E-state index in [2.05, 4.69) is 5.10 Å². The molecule has 106 valence electrons. The largest absolute Gasteiger partial charge is 0.393 e. The maximum Gasteiger partial charge on any atom is 0.226 e. The van der Waals surface area contributed by atoms with E-state index < -0.39 is 0 Å². The van der Waals surface area contributed by atoms with Crippen molar-refractivity contribution in [1.29, 1.82) is 0 Å². The van der Waals surface area contributed by atoms with Crippen LogP contribution in [0.15, 0.2) is 0 Å². The van der Waals surface area contributed by atoms with Crippen LogP contribution in [-0.2, 0) is 18.3 Å². The Balaban J connectivity index is 1.93. The third kappa shape index (κ3) is 2.97. The molecule has 0 radical (unpaired) electrons. The molecule has 0 unspecified atom stereocenters. The number of amides is 1. The monoisotopic (exact) mass is 265 g/mol. The lowest BCUT2D eigenvalue weighted by molar-refractivity contribution is -0.130. The van der Waals surface area contributed by atoms with Gasteiger partial charge in [-0.25, -0.2) is 0 Å². The van der Waals surface area contributed by atoms with Gasteiger partial charge >= 0.3 is 0 Å². The van der Waals surface area contributed by atoms with E-state index in [1.165, 1.54) is 0 Å². The summed E-state index contributed by atoms with van der Waals surface area (Å²) in [6.07, 6.45) is 1.90. The highest BCUT2D eigenvalue weighted by atomic mass is 16.3. The highest BCUT2D eigenvalue weighted by molar-refractivity contribution is 5.79. The van der Waals surface area contributed by atoms with Gasteiger partial charge in [-0.3, -0.25) is 9.48 Å². The molecule has 1 aromatic heterocycles. The minimum absolute atomic E-state index is 0.126. The van der Waals surface area contributed by atoms with Gasteiger partial charge in [-0.15, -0.1) is 0 Å². The minimum atomic E-state index is -0.156. The first-order valence-electron chi connectivity index (χ1n) is 6.79. The van der Waals surface area contributed by atoms with Crippen LogP contribution in [-0.4, -0.2) is 45.4 Å². The van der Waals surface area contributed by atoms with Crippen LogP contribution in [0, 0.1) is 19.8 Å². The Hall–Kier alpha value is -1.36. The van der Waals surface area contributed by atoms with Crippen LogP contribution >= 0.6 is 0 Å². The molecule has 0 spiro atoms. The summed E-state index contributed by atoms with van der Waals surface area (Å²) in [5, 5.41) is 13.6. The van der Waals surface area contributed by atoms with Crippen molar-refractivity contribution in [2.75, 3.05) is 13.6 Å². The summed E-state index contributed by atoms with van der Waals surface area (Å²) < 4.78 is 1.82. The fraction of sp³-hybridized carbons (Fsp3) is 0.714. The molecule has 2 rings (SSSR count). The average Bonchev–Trinajstić information content (AvgIpc) is 2.53. The minimum Gasteiger partial charge on any atom is -0.393 e. The van der Waals surface area contributed by atoms with Crippen molar-refractivity contribution < 1.29 is 9.90 Å². The molecular weight excluding hydrogens is 242 g/mol. The molecule has 1 heterocycles. The number of carbonyl (C=O) groups excluding carboxylic acids is 1. The van der Waals surface area contributed by atoms with Crippen molar-refractivity contribution in [3.05, 3.63) is 17.0 Å². The van der Waals surface area contributed by atoms with Gasteiger partial charge in [-0.2, -0.15) is 5.10 Å². The maximum absolute atomic E-state index is 12.2. The van der Waals surface area contributed by atoms with Gasteiger partial charge in [0.05, 0.1) is 18.2 Å². The van der Waals surface area contributed by atoms with Crippen LogP contribution < -0.4 is 0 Å². The smallest absolute Gasteiger partial charge is 0.226 e. The van der Waals surface area contributed by atoms with E-state index in [1.54, 1.807) is 4.90 Å². The molecule has 1 saturated carbocycles. The molecule has 0 aliphatic heterocycles. The average molecular weight is 265 g/mol. The van der Waals surface area contributed by atoms with Gasteiger partial charge in [-0.1, -0.05) is 0 Å². The molecule has 0 saturated heterocycles. The highest BCUT2D eigenvalue weighted by Gasteiger charge is 2.29. The lowest BCUT2D eigenvalue weighted by atomic mass is 9.82. The molecule has 1 aliphatic rings. The zero-order valence-electron chi connectivity index (χ0n) is 12.2. The van der Waals surface area contributed by atoms with Crippen LogP contribution in [0.1, 0.15) is 29.8 Å². The number of hydrogen-bond acceptors (Lipinski definition) is 3. The van der Waals surface area contributed by atoms with Crippen molar-refractivity contribution in [2.45, 2.75) is 39.2 Å². The first-order chi connectivity index (χ1) is 8.88. The van der Waals surface area contributed by atoms with Crippen LogP contribution in [0.5, 0.6) is 0 Å². The SMILES string of the molecule is Cc1nn(C)c(C)c1CC(=O)N(C)CC1CC(O)C1. The van der Waals surface area contributed by atoms with Gasteiger partial charge in [0, 0.05) is 31.9 Å². The van der Waals surface area contributed by atoms with E-state index in [0.717, 1.165) is 36.3 Å². The summed E-state index contributed by atoms with van der Waals surface area (Å²) in [4.78, 5) is 14.0. The second kappa shape index (κ2) is 5.33. The predicted octanol–water partition coefficient (Wildman–Crippen LogP) is 0.809. The molecule has 5 heteroatoms. The maximum atomic E-state index is 12.2. The third-order valence-electron chi connectivity index (χ3n) is 4.16. The van der Waals surface area contributed by atoms with E-state index in [-0.39, 0.29) is 12.0 Å². The molecule has 0 bridgehead atoms. The number of carbonyl (C=O) groups is 1. The summed E-state index contributed by atoms with van der Waals surface area (Å²) in [5.41, 5.74) is 3.02. The standard InChI is InChI=1S/C14H23N3O2/c1-9-13(10(2)17(4)15-9)7-14(19)16(3)8-11-5-12(18)6-11/h11-12,18H,5-8H2,1-4H3. The van der Waals surface area contributed by atoms with E-state index >= 15 is 0 Å². The Bertz CT molecular complexity index is 475. The van der Waals surface area contributed by atoms with E-state index in [1.807, 2.05) is 32.6 Å². The second-order valence-electron chi connectivity index (χ2n) is 5.72. The number of hydrogen-bond donors (Lipinski definition) is 1. The number of aliphatic hydroxyl groups is 1. The van der Waals surface area contributed by atoms with Gasteiger partial charge in [0.2, 0.25) is 5.91 Å². The number of nitrogens with zero attached hydrogens (tertiary/aromatic N) is 3. The quantitative estimate of drug-likeness (QED) is 0.876.